The van der Waals surface area contributed by atoms with Crippen LogP contribution in [0.2, 0.25) is 0 Å². The first-order valence-corrected chi connectivity index (χ1v) is 5.79. The fourth-order valence-corrected chi connectivity index (χ4v) is 1.31. The topological polar surface area (TPSA) is 55.4 Å². The number of ether oxygens (including phenoxy) is 1. The summed E-state index contributed by atoms with van der Waals surface area (Å²) in [4.78, 5) is 22.6. The van der Waals surface area contributed by atoms with Crippen LogP contribution in [0.5, 0.6) is 0 Å². The number of carbonyl (C=O) groups excluding carboxylic acids is 2. The molecular formula is C11H21NO3S. The quantitative estimate of drug-likeness (QED) is 0.750. The molecule has 1 amide bonds. The molecule has 0 rings (SSSR count). The highest BCUT2D eigenvalue weighted by atomic mass is 32.1. The van der Waals surface area contributed by atoms with Gasteiger partial charge in [-0.2, -0.15) is 0 Å². The smallest absolute Gasteiger partial charge is 0.408 e. The molecule has 16 heavy (non-hydrogen) atoms. The first-order valence-electron chi connectivity index (χ1n) is 5.34. The van der Waals surface area contributed by atoms with Gasteiger partial charge in [0, 0.05) is 0 Å². The summed E-state index contributed by atoms with van der Waals surface area (Å²) < 4.78 is 5.06. The van der Waals surface area contributed by atoms with Gasteiger partial charge in [0.15, 0.2) is 0 Å². The first kappa shape index (κ1) is 15.3. The molecule has 1 N–H and O–H groups in total. The van der Waals surface area contributed by atoms with Crippen LogP contribution in [-0.2, 0) is 9.53 Å². The van der Waals surface area contributed by atoms with Crippen LogP contribution in [0.25, 0.3) is 0 Å². The minimum atomic E-state index is -0.585. The summed E-state index contributed by atoms with van der Waals surface area (Å²) in [6, 6.07) is -0.585. The molecule has 0 fully saturated rings. The Balaban J connectivity index is 4.30. The molecule has 1 unspecified atom stereocenters. The summed E-state index contributed by atoms with van der Waals surface area (Å²) in [6.45, 7) is 9.26. The normalized spacial score (nSPS) is 13.4. The number of alkyl carbamates (subject to hydrolysis) is 1. The molecular weight excluding hydrogens is 226 g/mol. The Morgan fingerprint density at radius 2 is 1.81 bits per heavy atom. The molecule has 0 radical (unpaired) electrons. The van der Waals surface area contributed by atoms with Gasteiger partial charge in [0.25, 0.3) is 0 Å². The second-order valence-corrected chi connectivity index (χ2v) is 5.61. The lowest BCUT2D eigenvalue weighted by Crippen LogP contribution is -2.42. The molecule has 0 aromatic rings. The van der Waals surface area contributed by atoms with Crippen LogP contribution in [0, 0.1) is 5.92 Å². The zero-order valence-corrected chi connectivity index (χ0v) is 11.4. The van der Waals surface area contributed by atoms with Crippen molar-refractivity contribution in [3.05, 3.63) is 0 Å². The van der Waals surface area contributed by atoms with E-state index in [9.17, 15) is 9.59 Å². The van der Waals surface area contributed by atoms with Crippen molar-refractivity contribution >= 4 is 23.8 Å². The molecule has 4 nitrogen and oxygen atoms in total. The number of nitrogens with one attached hydrogen (secondary N) is 1. The van der Waals surface area contributed by atoms with Gasteiger partial charge in [0.05, 0.1) is 0 Å². The molecule has 1 atom stereocenters. The van der Waals surface area contributed by atoms with Crippen LogP contribution in [0.1, 0.15) is 41.0 Å². The molecule has 0 heterocycles. The van der Waals surface area contributed by atoms with Crippen LogP contribution >= 0.6 is 12.6 Å². The molecule has 0 bridgehead atoms. The highest BCUT2D eigenvalue weighted by molar-refractivity contribution is 7.96. The van der Waals surface area contributed by atoms with Gasteiger partial charge in [-0.3, -0.25) is 4.79 Å². The van der Waals surface area contributed by atoms with Gasteiger partial charge in [-0.05, 0) is 33.1 Å². The largest absolute Gasteiger partial charge is 0.444 e. The summed E-state index contributed by atoms with van der Waals surface area (Å²) in [5.74, 6) is 0.302. The fourth-order valence-electron chi connectivity index (χ4n) is 1.14. The maximum atomic E-state index is 11.4. The van der Waals surface area contributed by atoms with E-state index in [4.69, 9.17) is 4.74 Å². The van der Waals surface area contributed by atoms with E-state index >= 15 is 0 Å². The third-order valence-electron chi connectivity index (χ3n) is 1.70. The lowest BCUT2D eigenvalue weighted by Gasteiger charge is -2.23. The van der Waals surface area contributed by atoms with Gasteiger partial charge in [-0.25, -0.2) is 4.79 Å². The second-order valence-electron chi connectivity index (χ2n) is 5.17. The van der Waals surface area contributed by atoms with E-state index in [-0.39, 0.29) is 5.12 Å². The highest BCUT2D eigenvalue weighted by Gasteiger charge is 2.23. The van der Waals surface area contributed by atoms with Crippen LogP contribution in [0.15, 0.2) is 0 Å². The van der Waals surface area contributed by atoms with E-state index in [1.54, 1.807) is 20.8 Å². The maximum absolute atomic E-state index is 11.4. The number of rotatable bonds is 4. The van der Waals surface area contributed by atoms with Crippen molar-refractivity contribution in [2.75, 3.05) is 0 Å². The predicted octanol–water partition coefficient (Wildman–Crippen LogP) is 2.38. The lowest BCUT2D eigenvalue weighted by molar-refractivity contribution is -0.113. The zero-order valence-electron chi connectivity index (χ0n) is 10.5. The Morgan fingerprint density at radius 1 is 1.31 bits per heavy atom. The Hall–Kier alpha value is -0.710. The predicted molar refractivity (Wildman–Crippen MR) is 66.6 cm³/mol. The van der Waals surface area contributed by atoms with E-state index in [0.717, 1.165) is 0 Å². The van der Waals surface area contributed by atoms with Crippen molar-refractivity contribution in [2.45, 2.75) is 52.7 Å². The fraction of sp³-hybridized carbons (Fsp3) is 0.818. The standard InChI is InChI=1S/C11H21NO3S/c1-7(2)6-8(9(13)16)12-10(14)15-11(3,4)5/h7-8H,6H2,1-5H3,(H,12,14)(H,13,16). The number of carbonyl (C=O) groups is 2. The van der Waals surface area contributed by atoms with Gasteiger partial charge in [-0.15, -0.1) is 12.6 Å². The first-order chi connectivity index (χ1) is 7.11. The highest BCUT2D eigenvalue weighted by Crippen LogP contribution is 2.10. The molecule has 0 saturated heterocycles. The average Bonchev–Trinajstić information content (AvgIpc) is 1.97. The molecule has 94 valence electrons. The minimum absolute atomic E-state index is 0.302. The summed E-state index contributed by atoms with van der Waals surface area (Å²) in [5.41, 5.74) is -0.563. The number of amides is 1. The van der Waals surface area contributed by atoms with Crippen LogP contribution < -0.4 is 5.32 Å². The number of hydrogen-bond donors (Lipinski definition) is 2. The van der Waals surface area contributed by atoms with E-state index in [0.29, 0.717) is 12.3 Å². The molecule has 0 aromatic heterocycles. The number of thiol groups is 1. The third-order valence-corrected chi connectivity index (χ3v) is 2.01. The van der Waals surface area contributed by atoms with Crippen molar-refractivity contribution in [3.63, 3.8) is 0 Å². The monoisotopic (exact) mass is 247 g/mol. The Bertz CT molecular complexity index is 258. The minimum Gasteiger partial charge on any atom is -0.444 e. The Labute approximate surface area is 103 Å². The van der Waals surface area contributed by atoms with Gasteiger partial charge >= 0.3 is 6.09 Å². The molecule has 0 saturated carbocycles. The Morgan fingerprint density at radius 3 is 2.12 bits per heavy atom. The Kier molecular flexibility index (Phi) is 5.86. The van der Waals surface area contributed by atoms with Crippen molar-refractivity contribution in [3.8, 4) is 0 Å². The van der Waals surface area contributed by atoms with Gasteiger partial charge in [0.1, 0.15) is 11.6 Å². The van der Waals surface area contributed by atoms with Crippen LogP contribution in [0.3, 0.4) is 0 Å². The summed E-state index contributed by atoms with van der Waals surface area (Å²) in [7, 11) is 0. The third kappa shape index (κ3) is 7.56. The second kappa shape index (κ2) is 6.13. The van der Waals surface area contributed by atoms with Crippen molar-refractivity contribution < 1.29 is 14.3 Å². The van der Waals surface area contributed by atoms with Crippen LogP contribution in [0.4, 0.5) is 4.79 Å². The molecule has 0 aromatic carbocycles. The van der Waals surface area contributed by atoms with Crippen molar-refractivity contribution in [2.24, 2.45) is 5.92 Å². The average molecular weight is 247 g/mol. The van der Waals surface area contributed by atoms with Gasteiger partial charge in [-0.1, -0.05) is 13.8 Å². The molecule has 5 heteroatoms. The van der Waals surface area contributed by atoms with Gasteiger partial charge < -0.3 is 10.1 Å². The van der Waals surface area contributed by atoms with E-state index < -0.39 is 17.7 Å². The van der Waals surface area contributed by atoms with Crippen LogP contribution in [-0.4, -0.2) is 22.9 Å². The molecule has 0 aliphatic rings. The van der Waals surface area contributed by atoms with E-state index in [2.05, 4.69) is 17.9 Å². The zero-order chi connectivity index (χ0) is 12.9. The van der Waals surface area contributed by atoms with Gasteiger partial charge in [0.2, 0.25) is 5.12 Å². The van der Waals surface area contributed by atoms with E-state index in [1.165, 1.54) is 0 Å². The SMILES string of the molecule is CC(C)CC(NC(=O)OC(C)(C)C)C(=O)S. The summed E-state index contributed by atoms with van der Waals surface area (Å²) in [6.07, 6.45) is -0.0257. The van der Waals surface area contributed by atoms with E-state index in [1.807, 2.05) is 13.8 Å². The van der Waals surface area contributed by atoms with Crippen molar-refractivity contribution in [1.29, 1.82) is 0 Å². The molecule has 0 aliphatic carbocycles. The number of hydrogen-bond acceptors (Lipinski definition) is 3. The lowest BCUT2D eigenvalue weighted by atomic mass is 10.1. The molecule has 0 aliphatic heterocycles. The molecule has 0 spiro atoms. The van der Waals surface area contributed by atoms with Crippen molar-refractivity contribution in [1.82, 2.24) is 5.32 Å². The maximum Gasteiger partial charge on any atom is 0.408 e. The summed E-state index contributed by atoms with van der Waals surface area (Å²) >= 11 is 3.74. The summed E-state index contributed by atoms with van der Waals surface area (Å²) in [5, 5.41) is 2.17.